The molecule has 1 heterocycles. The van der Waals surface area contributed by atoms with Gasteiger partial charge in [0.25, 0.3) is 0 Å². The van der Waals surface area contributed by atoms with Crippen molar-refractivity contribution in [2.45, 2.75) is 57.6 Å². The molecule has 0 aromatic carbocycles. The van der Waals surface area contributed by atoms with Gasteiger partial charge in [-0.25, -0.2) is 13.1 Å². The smallest absolute Gasteiger partial charge is 0.211 e. The van der Waals surface area contributed by atoms with Crippen LogP contribution in [0.3, 0.4) is 0 Å². The number of rotatable bonds is 10. The highest BCUT2D eigenvalue weighted by atomic mass is 32.2. The molecule has 1 aliphatic heterocycles. The van der Waals surface area contributed by atoms with Gasteiger partial charge in [0.1, 0.15) is 0 Å². The Morgan fingerprint density at radius 3 is 2.70 bits per heavy atom. The molecule has 0 bridgehead atoms. The Balaban J connectivity index is 1.57. The standard InChI is InChI=1S/C14H28N2O3S/c1-2-14-12(7-9-19-14)11-16-20(17,18)10-4-3-8-15-13-5-6-13/h12-16H,2-11H2,1H3. The van der Waals surface area contributed by atoms with Crippen LogP contribution in [0, 0.1) is 5.92 Å². The summed E-state index contributed by atoms with van der Waals surface area (Å²) < 4.78 is 32.2. The van der Waals surface area contributed by atoms with Gasteiger partial charge in [-0.15, -0.1) is 0 Å². The van der Waals surface area contributed by atoms with Gasteiger partial charge in [0.2, 0.25) is 10.0 Å². The highest BCUT2D eigenvalue weighted by Gasteiger charge is 2.27. The second-order valence-electron chi connectivity index (χ2n) is 5.97. The highest BCUT2D eigenvalue weighted by Crippen LogP contribution is 2.22. The molecule has 0 aromatic heterocycles. The molecule has 1 aliphatic carbocycles. The van der Waals surface area contributed by atoms with Crippen molar-refractivity contribution in [1.82, 2.24) is 10.0 Å². The molecule has 118 valence electrons. The molecule has 6 heteroatoms. The van der Waals surface area contributed by atoms with E-state index in [1.165, 1.54) is 12.8 Å². The third kappa shape index (κ3) is 5.68. The van der Waals surface area contributed by atoms with E-state index in [1.807, 2.05) is 0 Å². The van der Waals surface area contributed by atoms with Crippen LogP contribution < -0.4 is 10.0 Å². The Labute approximate surface area is 122 Å². The summed E-state index contributed by atoms with van der Waals surface area (Å²) >= 11 is 0. The molecule has 1 saturated heterocycles. The first-order valence-electron chi connectivity index (χ1n) is 7.93. The van der Waals surface area contributed by atoms with Crippen molar-refractivity contribution in [2.24, 2.45) is 5.92 Å². The van der Waals surface area contributed by atoms with E-state index in [-0.39, 0.29) is 11.9 Å². The fourth-order valence-corrected chi connectivity index (χ4v) is 3.89. The van der Waals surface area contributed by atoms with Gasteiger partial charge >= 0.3 is 0 Å². The first kappa shape index (κ1) is 16.2. The summed E-state index contributed by atoms with van der Waals surface area (Å²) in [6.07, 6.45) is 6.37. The van der Waals surface area contributed by atoms with Gasteiger partial charge in [-0.3, -0.25) is 0 Å². The molecule has 0 aromatic rings. The Kier molecular flexibility index (Phi) is 6.26. The lowest BCUT2D eigenvalue weighted by atomic mass is 10.0. The fraction of sp³-hybridized carbons (Fsp3) is 1.00. The molecule has 20 heavy (non-hydrogen) atoms. The van der Waals surface area contributed by atoms with Crippen LogP contribution in [-0.4, -0.2) is 46.0 Å². The number of unbranched alkanes of at least 4 members (excludes halogenated alkanes) is 1. The molecule has 2 atom stereocenters. The summed E-state index contributed by atoms with van der Waals surface area (Å²) in [6.45, 7) is 4.32. The molecule has 0 amide bonds. The second-order valence-corrected chi connectivity index (χ2v) is 7.90. The third-order valence-electron chi connectivity index (χ3n) is 4.16. The molecule has 2 unspecified atom stereocenters. The monoisotopic (exact) mass is 304 g/mol. The zero-order valence-electron chi connectivity index (χ0n) is 12.4. The summed E-state index contributed by atoms with van der Waals surface area (Å²) in [7, 11) is -3.12. The van der Waals surface area contributed by atoms with E-state index in [1.54, 1.807) is 0 Å². The van der Waals surface area contributed by atoms with E-state index in [0.717, 1.165) is 38.8 Å². The third-order valence-corrected chi connectivity index (χ3v) is 5.60. The maximum absolute atomic E-state index is 11.9. The Bertz CT molecular complexity index is 382. The maximum atomic E-state index is 11.9. The van der Waals surface area contributed by atoms with Crippen LogP contribution in [0.25, 0.3) is 0 Å². The first-order chi connectivity index (χ1) is 9.61. The van der Waals surface area contributed by atoms with Gasteiger partial charge < -0.3 is 10.1 Å². The zero-order valence-corrected chi connectivity index (χ0v) is 13.3. The molecular weight excluding hydrogens is 276 g/mol. The summed E-state index contributed by atoms with van der Waals surface area (Å²) in [6, 6.07) is 0.707. The molecule has 2 rings (SSSR count). The van der Waals surface area contributed by atoms with Crippen molar-refractivity contribution >= 4 is 10.0 Å². The summed E-state index contributed by atoms with van der Waals surface area (Å²) in [5.41, 5.74) is 0. The van der Waals surface area contributed by atoms with Crippen molar-refractivity contribution in [3.8, 4) is 0 Å². The van der Waals surface area contributed by atoms with Crippen LogP contribution in [-0.2, 0) is 14.8 Å². The summed E-state index contributed by atoms with van der Waals surface area (Å²) in [5.74, 6) is 0.579. The Hall–Kier alpha value is -0.170. The van der Waals surface area contributed by atoms with Gasteiger partial charge in [-0.05, 0) is 45.1 Å². The fourth-order valence-electron chi connectivity index (χ4n) is 2.69. The quantitative estimate of drug-likeness (QED) is 0.596. The minimum atomic E-state index is -3.12. The van der Waals surface area contributed by atoms with E-state index in [0.29, 0.717) is 18.5 Å². The SMILES string of the molecule is CCC1OCCC1CNS(=O)(=O)CCCCNC1CC1. The molecule has 2 N–H and O–H groups in total. The Morgan fingerprint density at radius 2 is 2.00 bits per heavy atom. The van der Waals surface area contributed by atoms with Crippen molar-refractivity contribution in [3.63, 3.8) is 0 Å². The average Bonchev–Trinajstić information content (AvgIpc) is 3.12. The van der Waals surface area contributed by atoms with Crippen LogP contribution in [0.1, 0.15) is 45.4 Å². The predicted octanol–water partition coefficient (Wildman–Crippen LogP) is 1.25. The molecule has 0 spiro atoms. The normalized spacial score (nSPS) is 27.1. The van der Waals surface area contributed by atoms with Crippen LogP contribution in [0.5, 0.6) is 0 Å². The van der Waals surface area contributed by atoms with Gasteiger partial charge in [0, 0.05) is 25.1 Å². The van der Waals surface area contributed by atoms with E-state index in [2.05, 4.69) is 17.0 Å². The van der Waals surface area contributed by atoms with Gasteiger partial charge in [0.05, 0.1) is 11.9 Å². The molecule has 1 saturated carbocycles. The second kappa shape index (κ2) is 7.73. The lowest BCUT2D eigenvalue weighted by Gasteiger charge is -2.17. The highest BCUT2D eigenvalue weighted by molar-refractivity contribution is 7.89. The molecule has 2 aliphatic rings. The van der Waals surface area contributed by atoms with Crippen LogP contribution >= 0.6 is 0 Å². The van der Waals surface area contributed by atoms with E-state index in [9.17, 15) is 8.42 Å². The molecule has 5 nitrogen and oxygen atoms in total. The lowest BCUT2D eigenvalue weighted by molar-refractivity contribution is 0.0884. The van der Waals surface area contributed by atoms with Gasteiger partial charge in [0.15, 0.2) is 0 Å². The summed E-state index contributed by atoms with van der Waals surface area (Å²) in [4.78, 5) is 0. The minimum absolute atomic E-state index is 0.223. The van der Waals surface area contributed by atoms with Crippen molar-refractivity contribution in [1.29, 1.82) is 0 Å². The average molecular weight is 304 g/mol. The molecule has 0 radical (unpaired) electrons. The van der Waals surface area contributed by atoms with Gasteiger partial charge in [-0.2, -0.15) is 0 Å². The molecular formula is C14H28N2O3S. The lowest BCUT2D eigenvalue weighted by Crippen LogP contribution is -2.34. The number of sulfonamides is 1. The van der Waals surface area contributed by atoms with Crippen LogP contribution in [0.4, 0.5) is 0 Å². The topological polar surface area (TPSA) is 67.4 Å². The van der Waals surface area contributed by atoms with Crippen molar-refractivity contribution in [2.75, 3.05) is 25.4 Å². The first-order valence-corrected chi connectivity index (χ1v) is 9.58. The molecule has 2 fully saturated rings. The summed E-state index contributed by atoms with van der Waals surface area (Å²) in [5, 5.41) is 3.40. The van der Waals surface area contributed by atoms with E-state index < -0.39 is 10.0 Å². The largest absolute Gasteiger partial charge is 0.378 e. The van der Waals surface area contributed by atoms with E-state index in [4.69, 9.17) is 4.74 Å². The van der Waals surface area contributed by atoms with Crippen LogP contribution in [0.15, 0.2) is 0 Å². The maximum Gasteiger partial charge on any atom is 0.211 e. The van der Waals surface area contributed by atoms with Gasteiger partial charge in [-0.1, -0.05) is 6.92 Å². The number of hydrogen-bond acceptors (Lipinski definition) is 4. The van der Waals surface area contributed by atoms with Crippen molar-refractivity contribution < 1.29 is 13.2 Å². The minimum Gasteiger partial charge on any atom is -0.378 e. The number of hydrogen-bond donors (Lipinski definition) is 2. The Morgan fingerprint density at radius 1 is 1.20 bits per heavy atom. The van der Waals surface area contributed by atoms with E-state index >= 15 is 0 Å². The predicted molar refractivity (Wildman–Crippen MR) is 80.2 cm³/mol. The number of nitrogens with one attached hydrogen (secondary N) is 2. The van der Waals surface area contributed by atoms with Crippen molar-refractivity contribution in [3.05, 3.63) is 0 Å². The van der Waals surface area contributed by atoms with Crippen LogP contribution in [0.2, 0.25) is 0 Å². The zero-order chi connectivity index (χ0) is 14.4. The number of ether oxygens (including phenoxy) is 1.